The summed E-state index contributed by atoms with van der Waals surface area (Å²) in [6, 6.07) is 2.06. The topological polar surface area (TPSA) is 70.4 Å². The van der Waals surface area contributed by atoms with E-state index in [0.717, 1.165) is 67.3 Å². The Balaban J connectivity index is 1.28. The monoisotopic (exact) mass is 397 g/mol. The smallest absolute Gasteiger partial charge is 0.244 e. The lowest BCUT2D eigenvalue weighted by atomic mass is 10.0. The third-order valence-corrected chi connectivity index (χ3v) is 6.53. The average molecular weight is 398 g/mol. The van der Waals surface area contributed by atoms with Gasteiger partial charge in [0.1, 0.15) is 17.0 Å². The molecule has 0 bridgehead atoms. The predicted octanol–water partition coefficient (Wildman–Crippen LogP) is 1.74. The highest BCUT2D eigenvalue weighted by molar-refractivity contribution is 7.16. The normalized spacial score (nSPS) is 21.6. The molecule has 0 aliphatic carbocycles. The molecule has 2 saturated heterocycles. The number of nitrogens with zero attached hydrogens (tertiary/aromatic N) is 7. The number of thiophene rings is 1. The molecule has 3 aromatic heterocycles. The fourth-order valence-electron chi connectivity index (χ4n) is 4.27. The fraction of sp³-hybridized carbons (Fsp3) is 0.474. The van der Waals surface area contributed by atoms with Gasteiger partial charge in [-0.2, -0.15) is 5.10 Å². The standard InChI is InChI=1S/C19H23N7OS/c1-23-12-14(11-22-23)26-5-2-3-16(19(26)27)24-6-8-25(9-7-24)17-15-4-10-28-18(15)21-13-20-17/h4,10-13,16H,2-3,5-9H2,1H3. The number of hydrogen-bond acceptors (Lipinski definition) is 7. The highest BCUT2D eigenvalue weighted by Gasteiger charge is 2.36. The number of aryl methyl sites for hydroxylation is 1. The lowest BCUT2D eigenvalue weighted by Gasteiger charge is -2.42. The molecule has 5 rings (SSSR count). The van der Waals surface area contributed by atoms with Gasteiger partial charge in [0.15, 0.2) is 0 Å². The maximum Gasteiger partial charge on any atom is 0.244 e. The number of hydrogen-bond donors (Lipinski definition) is 0. The Morgan fingerprint density at radius 1 is 1.14 bits per heavy atom. The Hall–Kier alpha value is -2.52. The number of fused-ring (bicyclic) bond motifs is 1. The van der Waals surface area contributed by atoms with Crippen molar-refractivity contribution in [3.8, 4) is 0 Å². The van der Waals surface area contributed by atoms with Crippen molar-refractivity contribution in [2.75, 3.05) is 42.5 Å². The first-order valence-corrected chi connectivity index (χ1v) is 10.6. The molecule has 28 heavy (non-hydrogen) atoms. The van der Waals surface area contributed by atoms with Crippen molar-refractivity contribution in [2.24, 2.45) is 7.05 Å². The number of anilines is 2. The molecular formula is C19H23N7OS. The van der Waals surface area contributed by atoms with Crippen molar-refractivity contribution in [2.45, 2.75) is 18.9 Å². The van der Waals surface area contributed by atoms with E-state index in [4.69, 9.17) is 0 Å². The van der Waals surface area contributed by atoms with Crippen molar-refractivity contribution in [1.82, 2.24) is 24.6 Å². The van der Waals surface area contributed by atoms with Crippen LogP contribution in [0.5, 0.6) is 0 Å². The molecule has 2 aliphatic rings. The summed E-state index contributed by atoms with van der Waals surface area (Å²) in [5.74, 6) is 1.22. The summed E-state index contributed by atoms with van der Waals surface area (Å²) >= 11 is 1.64. The Bertz CT molecular complexity index is 991. The molecule has 2 aliphatic heterocycles. The van der Waals surface area contributed by atoms with Gasteiger partial charge in [-0.3, -0.25) is 14.4 Å². The molecule has 0 saturated carbocycles. The molecule has 1 atom stereocenters. The van der Waals surface area contributed by atoms with Gasteiger partial charge in [-0.05, 0) is 24.3 Å². The number of carbonyl (C=O) groups is 1. The van der Waals surface area contributed by atoms with E-state index in [2.05, 4.69) is 36.3 Å². The second-order valence-electron chi connectivity index (χ2n) is 7.38. The third kappa shape index (κ3) is 3.04. The summed E-state index contributed by atoms with van der Waals surface area (Å²) in [4.78, 5) is 29.6. The van der Waals surface area contributed by atoms with Crippen LogP contribution in [0.1, 0.15) is 12.8 Å². The van der Waals surface area contributed by atoms with E-state index in [9.17, 15) is 4.79 Å². The van der Waals surface area contributed by atoms with E-state index < -0.39 is 0 Å². The Morgan fingerprint density at radius 2 is 2.00 bits per heavy atom. The zero-order valence-corrected chi connectivity index (χ0v) is 16.7. The lowest BCUT2D eigenvalue weighted by Crippen LogP contribution is -2.58. The summed E-state index contributed by atoms with van der Waals surface area (Å²) in [7, 11) is 1.88. The number of aromatic nitrogens is 4. The molecule has 3 aromatic rings. The Morgan fingerprint density at radius 3 is 2.79 bits per heavy atom. The molecule has 0 spiro atoms. The van der Waals surface area contributed by atoms with E-state index in [-0.39, 0.29) is 11.9 Å². The largest absolute Gasteiger partial charge is 0.353 e. The highest BCUT2D eigenvalue weighted by atomic mass is 32.1. The van der Waals surface area contributed by atoms with Crippen LogP contribution in [0.25, 0.3) is 10.2 Å². The molecule has 9 heteroatoms. The molecular weight excluding hydrogens is 374 g/mol. The second kappa shape index (κ2) is 7.14. The summed E-state index contributed by atoms with van der Waals surface area (Å²) in [5.41, 5.74) is 0.900. The van der Waals surface area contributed by atoms with Crippen molar-refractivity contribution in [3.63, 3.8) is 0 Å². The van der Waals surface area contributed by atoms with Crippen LogP contribution in [0.15, 0.2) is 30.2 Å². The van der Waals surface area contributed by atoms with Crippen LogP contribution in [0.3, 0.4) is 0 Å². The van der Waals surface area contributed by atoms with Gasteiger partial charge >= 0.3 is 0 Å². The van der Waals surface area contributed by atoms with Gasteiger partial charge in [0.2, 0.25) is 5.91 Å². The summed E-state index contributed by atoms with van der Waals surface area (Å²) in [6.45, 7) is 4.26. The molecule has 1 unspecified atom stereocenters. The summed E-state index contributed by atoms with van der Waals surface area (Å²) in [6.07, 6.45) is 7.29. The van der Waals surface area contributed by atoms with Crippen LogP contribution in [-0.2, 0) is 11.8 Å². The molecule has 0 N–H and O–H groups in total. The number of piperidine rings is 1. The minimum absolute atomic E-state index is 0.0392. The fourth-order valence-corrected chi connectivity index (χ4v) is 5.00. The molecule has 0 aromatic carbocycles. The Labute approximate surface area is 167 Å². The van der Waals surface area contributed by atoms with Gasteiger partial charge in [-0.25, -0.2) is 9.97 Å². The number of amides is 1. The molecule has 146 valence electrons. The van der Waals surface area contributed by atoms with E-state index in [0.29, 0.717) is 0 Å². The second-order valence-corrected chi connectivity index (χ2v) is 8.27. The zero-order chi connectivity index (χ0) is 19.1. The minimum Gasteiger partial charge on any atom is -0.353 e. The minimum atomic E-state index is -0.0392. The van der Waals surface area contributed by atoms with Crippen molar-refractivity contribution < 1.29 is 4.79 Å². The molecule has 2 fully saturated rings. The molecule has 5 heterocycles. The summed E-state index contributed by atoms with van der Waals surface area (Å²) in [5, 5.41) is 7.40. The Kier molecular flexibility index (Phi) is 4.48. The van der Waals surface area contributed by atoms with Crippen molar-refractivity contribution >= 4 is 39.0 Å². The van der Waals surface area contributed by atoms with Crippen molar-refractivity contribution in [1.29, 1.82) is 0 Å². The van der Waals surface area contributed by atoms with Gasteiger partial charge in [-0.15, -0.1) is 11.3 Å². The first-order chi connectivity index (χ1) is 13.7. The van der Waals surface area contributed by atoms with Crippen LogP contribution in [0.2, 0.25) is 0 Å². The first-order valence-electron chi connectivity index (χ1n) is 9.68. The van der Waals surface area contributed by atoms with Gasteiger partial charge in [0.25, 0.3) is 0 Å². The van der Waals surface area contributed by atoms with Gasteiger partial charge in [0.05, 0.1) is 23.3 Å². The van der Waals surface area contributed by atoms with Crippen LogP contribution in [0, 0.1) is 0 Å². The molecule has 8 nitrogen and oxygen atoms in total. The number of rotatable bonds is 3. The third-order valence-electron chi connectivity index (χ3n) is 5.71. The molecule has 0 radical (unpaired) electrons. The summed E-state index contributed by atoms with van der Waals surface area (Å²) < 4.78 is 1.75. The van der Waals surface area contributed by atoms with Crippen LogP contribution < -0.4 is 9.80 Å². The quantitative estimate of drug-likeness (QED) is 0.671. The van der Waals surface area contributed by atoms with E-state index >= 15 is 0 Å². The van der Waals surface area contributed by atoms with E-state index in [1.54, 1.807) is 28.5 Å². The van der Waals surface area contributed by atoms with Gasteiger partial charge in [0, 0.05) is 46.0 Å². The SMILES string of the molecule is Cn1cc(N2CCCC(N3CCN(c4ncnc5sccc45)CC3)C2=O)cn1. The predicted molar refractivity (Wildman–Crippen MR) is 110 cm³/mol. The van der Waals surface area contributed by atoms with E-state index in [1.165, 1.54) is 0 Å². The number of piperazine rings is 1. The van der Waals surface area contributed by atoms with Crippen LogP contribution in [0.4, 0.5) is 11.5 Å². The van der Waals surface area contributed by atoms with Crippen molar-refractivity contribution in [3.05, 3.63) is 30.2 Å². The van der Waals surface area contributed by atoms with Gasteiger partial charge in [-0.1, -0.05) is 0 Å². The highest BCUT2D eigenvalue weighted by Crippen LogP contribution is 2.29. The van der Waals surface area contributed by atoms with Gasteiger partial charge < -0.3 is 9.80 Å². The van der Waals surface area contributed by atoms with Crippen LogP contribution >= 0.6 is 11.3 Å². The first kappa shape index (κ1) is 17.6. The lowest BCUT2D eigenvalue weighted by molar-refractivity contribution is -0.125. The molecule has 1 amide bonds. The average Bonchev–Trinajstić information content (AvgIpc) is 3.37. The van der Waals surface area contributed by atoms with E-state index in [1.807, 2.05) is 18.1 Å². The number of carbonyl (C=O) groups excluding carboxylic acids is 1. The maximum atomic E-state index is 13.1. The maximum absolute atomic E-state index is 13.1. The zero-order valence-electron chi connectivity index (χ0n) is 15.9. The van der Waals surface area contributed by atoms with Crippen LogP contribution in [-0.4, -0.2) is 69.3 Å².